The summed E-state index contributed by atoms with van der Waals surface area (Å²) < 4.78 is 21.0. The van der Waals surface area contributed by atoms with E-state index in [9.17, 15) is 9.18 Å². The average molecular weight is 467 g/mol. The summed E-state index contributed by atoms with van der Waals surface area (Å²) in [4.78, 5) is 18.8. The molecule has 2 aliphatic rings. The summed E-state index contributed by atoms with van der Waals surface area (Å²) in [7, 11) is 0. The summed E-state index contributed by atoms with van der Waals surface area (Å²) in [5, 5.41) is 0. The number of halogens is 2. The van der Waals surface area contributed by atoms with Crippen LogP contribution in [0.4, 0.5) is 4.39 Å². The second-order valence-electron chi connectivity index (χ2n) is 8.71. The Hall–Kier alpha value is -2.92. The lowest BCUT2D eigenvalue weighted by atomic mass is 9.84. The molecule has 0 N–H and O–H groups in total. The predicted octanol–water partition coefficient (Wildman–Crippen LogP) is 6.15. The minimum absolute atomic E-state index is 0. The summed E-state index contributed by atoms with van der Waals surface area (Å²) in [6, 6.07) is 18.6. The number of nitrogens with zero attached hydrogens (tertiary/aromatic N) is 2. The first kappa shape index (κ1) is 23.2. The number of hydrogen-bond donors (Lipinski definition) is 0. The Balaban J connectivity index is 0.00000259. The third-order valence-corrected chi connectivity index (χ3v) is 6.59. The van der Waals surface area contributed by atoms with Crippen molar-refractivity contribution in [1.29, 1.82) is 0 Å². The molecule has 1 aliphatic heterocycles. The molecule has 2 heterocycles. The van der Waals surface area contributed by atoms with Crippen LogP contribution in [-0.2, 0) is 4.79 Å². The van der Waals surface area contributed by atoms with Gasteiger partial charge in [-0.15, -0.1) is 12.4 Å². The van der Waals surface area contributed by atoms with Gasteiger partial charge in [-0.2, -0.15) is 0 Å². The van der Waals surface area contributed by atoms with Gasteiger partial charge in [0.15, 0.2) is 0 Å². The van der Waals surface area contributed by atoms with E-state index in [2.05, 4.69) is 4.98 Å². The molecule has 4 nitrogen and oxygen atoms in total. The van der Waals surface area contributed by atoms with Gasteiger partial charge >= 0.3 is 0 Å². The first-order valence-corrected chi connectivity index (χ1v) is 11.4. The van der Waals surface area contributed by atoms with Crippen molar-refractivity contribution >= 4 is 18.3 Å². The van der Waals surface area contributed by atoms with Gasteiger partial charge < -0.3 is 9.64 Å². The van der Waals surface area contributed by atoms with E-state index in [0.717, 1.165) is 55.6 Å². The number of benzene rings is 2. The Kier molecular flexibility index (Phi) is 7.29. The molecule has 5 rings (SSSR count). The topological polar surface area (TPSA) is 42.4 Å². The zero-order valence-corrected chi connectivity index (χ0v) is 19.3. The van der Waals surface area contributed by atoms with Gasteiger partial charge in [-0.1, -0.05) is 30.7 Å². The summed E-state index contributed by atoms with van der Waals surface area (Å²) in [6.07, 6.45) is 6.57. The van der Waals surface area contributed by atoms with Gasteiger partial charge in [-0.05, 0) is 48.7 Å². The fourth-order valence-electron chi connectivity index (χ4n) is 4.48. The van der Waals surface area contributed by atoms with Crippen LogP contribution >= 0.6 is 12.4 Å². The van der Waals surface area contributed by atoms with Crippen LogP contribution in [0, 0.1) is 11.7 Å². The van der Waals surface area contributed by atoms with Crippen LogP contribution in [-0.4, -0.2) is 35.0 Å². The number of carbonyl (C=O) groups is 1. The summed E-state index contributed by atoms with van der Waals surface area (Å²) in [6.45, 7) is 1.45. The maximum Gasteiger partial charge on any atom is 0.225 e. The van der Waals surface area contributed by atoms with Crippen LogP contribution < -0.4 is 4.74 Å². The first-order valence-electron chi connectivity index (χ1n) is 11.4. The van der Waals surface area contributed by atoms with E-state index < -0.39 is 0 Å². The lowest BCUT2D eigenvalue weighted by Crippen LogP contribution is -2.45. The molecule has 0 atom stereocenters. The van der Waals surface area contributed by atoms with Crippen molar-refractivity contribution in [2.75, 3.05) is 13.1 Å². The van der Waals surface area contributed by atoms with E-state index in [1.165, 1.54) is 12.5 Å². The summed E-state index contributed by atoms with van der Waals surface area (Å²) >= 11 is 0. The number of aromatic nitrogens is 1. The summed E-state index contributed by atoms with van der Waals surface area (Å²) in [5.74, 6) is 0.775. The molecule has 33 heavy (non-hydrogen) atoms. The number of likely N-dealkylation sites (tertiary alicyclic amines) is 1. The normalized spacial score (nSPS) is 16.6. The highest BCUT2D eigenvalue weighted by atomic mass is 35.5. The van der Waals surface area contributed by atoms with Gasteiger partial charge in [0.2, 0.25) is 5.91 Å². The SMILES string of the molecule is Cl.O=C(C1CCC1)N1CCC(Oc2ccc(-c3cccc(-c4ccccn4)c3)c(F)c2)CC1. The van der Waals surface area contributed by atoms with E-state index in [0.29, 0.717) is 17.2 Å². The van der Waals surface area contributed by atoms with Crippen molar-refractivity contribution in [3.63, 3.8) is 0 Å². The Labute approximate surface area is 200 Å². The van der Waals surface area contributed by atoms with Crippen LogP contribution in [0.25, 0.3) is 22.4 Å². The highest BCUT2D eigenvalue weighted by Crippen LogP contribution is 2.32. The third-order valence-electron chi connectivity index (χ3n) is 6.59. The van der Waals surface area contributed by atoms with Crippen molar-refractivity contribution in [1.82, 2.24) is 9.88 Å². The zero-order valence-electron chi connectivity index (χ0n) is 18.5. The minimum atomic E-state index is -0.307. The molecule has 1 saturated heterocycles. The van der Waals surface area contributed by atoms with Crippen molar-refractivity contribution in [3.05, 3.63) is 72.7 Å². The molecule has 2 aromatic carbocycles. The van der Waals surface area contributed by atoms with Crippen molar-refractivity contribution < 1.29 is 13.9 Å². The summed E-state index contributed by atoms with van der Waals surface area (Å²) in [5.41, 5.74) is 3.15. The first-order chi connectivity index (χ1) is 15.7. The van der Waals surface area contributed by atoms with Crippen LogP contribution in [0.3, 0.4) is 0 Å². The number of carbonyl (C=O) groups excluding carboxylic acids is 1. The molecule has 1 aromatic heterocycles. The van der Waals surface area contributed by atoms with E-state index in [1.54, 1.807) is 12.3 Å². The third kappa shape index (κ3) is 5.19. The fraction of sp³-hybridized carbons (Fsp3) is 0.333. The van der Waals surface area contributed by atoms with Gasteiger partial charge in [0.1, 0.15) is 17.7 Å². The highest BCUT2D eigenvalue weighted by Gasteiger charge is 2.32. The fourth-order valence-corrected chi connectivity index (χ4v) is 4.48. The van der Waals surface area contributed by atoms with E-state index >= 15 is 0 Å². The van der Waals surface area contributed by atoms with Crippen molar-refractivity contribution in [2.24, 2.45) is 5.92 Å². The van der Waals surface area contributed by atoms with Gasteiger partial charge in [0.05, 0.1) is 5.69 Å². The Morgan fingerprint density at radius 2 is 1.73 bits per heavy atom. The molecule has 1 amide bonds. The molecular weight excluding hydrogens is 439 g/mol. The number of pyridine rings is 1. The molecule has 2 fully saturated rings. The van der Waals surface area contributed by atoms with Crippen LogP contribution in [0.5, 0.6) is 5.75 Å². The molecule has 172 valence electrons. The number of rotatable bonds is 5. The van der Waals surface area contributed by atoms with Gasteiger partial charge in [-0.25, -0.2) is 4.39 Å². The van der Waals surface area contributed by atoms with E-state index in [-0.39, 0.29) is 30.2 Å². The Bertz CT molecular complexity index is 1100. The van der Waals surface area contributed by atoms with Crippen molar-refractivity contribution in [2.45, 2.75) is 38.2 Å². The second-order valence-corrected chi connectivity index (χ2v) is 8.71. The van der Waals surface area contributed by atoms with Gasteiger partial charge in [-0.3, -0.25) is 9.78 Å². The molecule has 1 aliphatic carbocycles. The minimum Gasteiger partial charge on any atom is -0.490 e. The predicted molar refractivity (Wildman–Crippen MR) is 130 cm³/mol. The molecular formula is C27H28ClFN2O2. The molecule has 0 radical (unpaired) electrons. The molecule has 0 bridgehead atoms. The van der Waals surface area contributed by atoms with Crippen LogP contribution in [0.1, 0.15) is 32.1 Å². The van der Waals surface area contributed by atoms with E-state index in [1.807, 2.05) is 53.4 Å². The van der Waals surface area contributed by atoms with Crippen molar-refractivity contribution in [3.8, 4) is 28.1 Å². The number of hydrogen-bond acceptors (Lipinski definition) is 3. The number of amides is 1. The standard InChI is InChI=1S/C27H27FN2O2.ClH/c28-25-18-23(32-22-12-15-30(16-13-22)27(31)19-5-3-6-19)10-11-24(25)20-7-4-8-21(17-20)26-9-1-2-14-29-26;/h1-2,4,7-11,14,17-19,22H,3,5-6,12-13,15-16H2;1H. The lowest BCUT2D eigenvalue weighted by molar-refractivity contribution is -0.140. The van der Waals surface area contributed by atoms with Gasteiger partial charge in [0, 0.05) is 55.2 Å². The number of piperidine rings is 1. The largest absolute Gasteiger partial charge is 0.490 e. The maximum absolute atomic E-state index is 15.0. The maximum atomic E-state index is 15.0. The lowest BCUT2D eigenvalue weighted by Gasteiger charge is -2.36. The van der Waals surface area contributed by atoms with Crippen LogP contribution in [0.2, 0.25) is 0 Å². The zero-order chi connectivity index (χ0) is 21.9. The monoisotopic (exact) mass is 466 g/mol. The Morgan fingerprint density at radius 3 is 2.39 bits per heavy atom. The quantitative estimate of drug-likeness (QED) is 0.453. The number of ether oxygens (including phenoxy) is 1. The van der Waals surface area contributed by atoms with Gasteiger partial charge in [0.25, 0.3) is 0 Å². The highest BCUT2D eigenvalue weighted by molar-refractivity contribution is 5.85. The molecule has 0 unspecified atom stereocenters. The molecule has 1 saturated carbocycles. The smallest absolute Gasteiger partial charge is 0.225 e. The molecule has 3 aromatic rings. The van der Waals surface area contributed by atoms with E-state index in [4.69, 9.17) is 4.74 Å². The molecule has 6 heteroatoms. The Morgan fingerprint density at radius 1 is 0.939 bits per heavy atom. The second kappa shape index (κ2) is 10.3. The molecule has 0 spiro atoms. The average Bonchev–Trinajstić information content (AvgIpc) is 2.79. The van der Waals surface area contributed by atoms with Crippen LogP contribution in [0.15, 0.2) is 66.9 Å².